The van der Waals surface area contributed by atoms with Crippen LogP contribution < -0.4 is 4.90 Å². The molecule has 0 bridgehead atoms. The van der Waals surface area contributed by atoms with Crippen LogP contribution in [0.15, 0.2) is 53.3 Å². The van der Waals surface area contributed by atoms with Crippen LogP contribution in [0.3, 0.4) is 0 Å². The van der Waals surface area contributed by atoms with Crippen molar-refractivity contribution in [1.29, 1.82) is 5.26 Å². The topological polar surface area (TPSA) is 82.6 Å². The van der Waals surface area contributed by atoms with Crippen molar-refractivity contribution in [2.45, 2.75) is 13.0 Å². The van der Waals surface area contributed by atoms with Crippen LogP contribution in [0.5, 0.6) is 0 Å². The second kappa shape index (κ2) is 8.25. The van der Waals surface area contributed by atoms with E-state index in [1.54, 1.807) is 6.07 Å². The zero-order valence-corrected chi connectivity index (χ0v) is 17.1. The molecular weight excluding hydrogens is 392 g/mol. The Bertz CT molecular complexity index is 1130. The highest BCUT2D eigenvalue weighted by atomic mass is 16.5. The molecule has 1 amide bonds. The second-order valence-electron chi connectivity index (χ2n) is 7.69. The standard InChI is InChI=1S/C24H22N4O3/c25-14-20-19-7-13-31-16-21(19)22(17-4-2-1-3-5-17)26-23(20)27-8-10-28(11-9-27)24(29)18-6-12-30-15-18/h1-6,12,15H,7-11,13,16H2. The first-order valence-corrected chi connectivity index (χ1v) is 10.4. The summed E-state index contributed by atoms with van der Waals surface area (Å²) in [5.74, 6) is 0.673. The van der Waals surface area contributed by atoms with Crippen molar-refractivity contribution in [3.05, 3.63) is 71.2 Å². The van der Waals surface area contributed by atoms with Gasteiger partial charge in [-0.1, -0.05) is 30.3 Å². The van der Waals surface area contributed by atoms with Gasteiger partial charge in [0.05, 0.1) is 36.3 Å². The molecule has 0 N–H and O–H groups in total. The summed E-state index contributed by atoms with van der Waals surface area (Å²) in [5.41, 5.74) is 5.13. The molecule has 3 aromatic rings. The molecule has 0 saturated carbocycles. The molecule has 31 heavy (non-hydrogen) atoms. The number of benzene rings is 1. The Morgan fingerprint density at radius 3 is 2.58 bits per heavy atom. The Labute approximate surface area is 180 Å². The number of anilines is 1. The number of pyridine rings is 1. The largest absolute Gasteiger partial charge is 0.472 e. The van der Waals surface area contributed by atoms with Gasteiger partial charge in [-0.25, -0.2) is 4.98 Å². The number of furan rings is 1. The molecule has 1 aromatic carbocycles. The molecule has 1 saturated heterocycles. The summed E-state index contributed by atoms with van der Waals surface area (Å²) in [6.07, 6.45) is 3.68. The van der Waals surface area contributed by atoms with Crippen LogP contribution in [0.25, 0.3) is 11.3 Å². The quantitative estimate of drug-likeness (QED) is 0.654. The minimum absolute atomic E-state index is 0.0329. The van der Waals surface area contributed by atoms with Crippen LogP contribution in [-0.2, 0) is 17.8 Å². The van der Waals surface area contributed by atoms with Crippen molar-refractivity contribution in [2.24, 2.45) is 0 Å². The van der Waals surface area contributed by atoms with Gasteiger partial charge in [-0.15, -0.1) is 0 Å². The molecule has 0 aliphatic carbocycles. The number of piperazine rings is 1. The maximum absolute atomic E-state index is 12.6. The predicted molar refractivity (Wildman–Crippen MR) is 115 cm³/mol. The van der Waals surface area contributed by atoms with Gasteiger partial charge >= 0.3 is 0 Å². The van der Waals surface area contributed by atoms with Gasteiger partial charge in [-0.2, -0.15) is 5.26 Å². The van der Waals surface area contributed by atoms with Crippen LogP contribution in [0.4, 0.5) is 5.82 Å². The van der Waals surface area contributed by atoms with E-state index in [0.29, 0.717) is 62.8 Å². The lowest BCUT2D eigenvalue weighted by molar-refractivity contribution is 0.0745. The van der Waals surface area contributed by atoms with E-state index < -0.39 is 0 Å². The summed E-state index contributed by atoms with van der Waals surface area (Å²) >= 11 is 0. The van der Waals surface area contributed by atoms with Crippen molar-refractivity contribution < 1.29 is 13.9 Å². The number of fused-ring (bicyclic) bond motifs is 1. The van der Waals surface area contributed by atoms with Crippen molar-refractivity contribution in [3.8, 4) is 17.3 Å². The maximum atomic E-state index is 12.6. The van der Waals surface area contributed by atoms with Crippen LogP contribution in [0, 0.1) is 11.3 Å². The summed E-state index contributed by atoms with van der Waals surface area (Å²) in [6, 6.07) is 14.1. The highest BCUT2D eigenvalue weighted by molar-refractivity contribution is 5.94. The van der Waals surface area contributed by atoms with Gasteiger partial charge in [-0.3, -0.25) is 4.79 Å². The molecular formula is C24H22N4O3. The number of carbonyl (C=O) groups is 1. The highest BCUT2D eigenvalue weighted by Crippen LogP contribution is 2.35. The lowest BCUT2D eigenvalue weighted by atomic mass is 9.93. The van der Waals surface area contributed by atoms with Gasteiger partial charge in [0.25, 0.3) is 5.91 Å². The summed E-state index contributed by atoms with van der Waals surface area (Å²) in [7, 11) is 0. The summed E-state index contributed by atoms with van der Waals surface area (Å²) in [5, 5.41) is 10.00. The minimum Gasteiger partial charge on any atom is -0.472 e. The lowest BCUT2D eigenvalue weighted by Crippen LogP contribution is -2.49. The van der Waals surface area contributed by atoms with Crippen LogP contribution in [-0.4, -0.2) is 48.6 Å². The molecule has 2 aliphatic rings. The summed E-state index contributed by atoms with van der Waals surface area (Å²) < 4.78 is 10.7. The Morgan fingerprint density at radius 1 is 1.06 bits per heavy atom. The van der Waals surface area contributed by atoms with E-state index in [2.05, 4.69) is 11.0 Å². The number of nitriles is 1. The Morgan fingerprint density at radius 2 is 1.87 bits per heavy atom. The molecule has 0 spiro atoms. The van der Waals surface area contributed by atoms with Gasteiger partial charge in [0, 0.05) is 37.3 Å². The molecule has 0 unspecified atom stereocenters. The average molecular weight is 414 g/mol. The van der Waals surface area contributed by atoms with Crippen molar-refractivity contribution in [3.63, 3.8) is 0 Å². The molecule has 7 heteroatoms. The van der Waals surface area contributed by atoms with Crippen molar-refractivity contribution >= 4 is 11.7 Å². The zero-order chi connectivity index (χ0) is 21.2. The average Bonchev–Trinajstić information content (AvgIpc) is 3.38. The molecule has 0 atom stereocenters. The zero-order valence-electron chi connectivity index (χ0n) is 17.1. The van der Waals surface area contributed by atoms with Gasteiger partial charge in [0.1, 0.15) is 18.2 Å². The normalized spacial score (nSPS) is 16.0. The highest BCUT2D eigenvalue weighted by Gasteiger charge is 2.29. The van der Waals surface area contributed by atoms with Crippen LogP contribution in [0.1, 0.15) is 27.0 Å². The monoisotopic (exact) mass is 414 g/mol. The number of rotatable bonds is 3. The van der Waals surface area contributed by atoms with E-state index in [0.717, 1.165) is 22.4 Å². The fourth-order valence-corrected chi connectivity index (χ4v) is 4.31. The predicted octanol–water partition coefficient (Wildman–Crippen LogP) is 3.25. The van der Waals surface area contributed by atoms with E-state index in [1.807, 2.05) is 35.2 Å². The number of amides is 1. The second-order valence-corrected chi connectivity index (χ2v) is 7.69. The van der Waals surface area contributed by atoms with Gasteiger partial charge in [-0.05, 0) is 18.1 Å². The molecule has 2 aliphatic heterocycles. The third-order valence-corrected chi connectivity index (χ3v) is 5.93. The fourth-order valence-electron chi connectivity index (χ4n) is 4.31. The smallest absolute Gasteiger partial charge is 0.257 e. The summed E-state index contributed by atoms with van der Waals surface area (Å²) in [6.45, 7) is 3.44. The molecule has 7 nitrogen and oxygen atoms in total. The molecule has 0 radical (unpaired) electrons. The number of hydrogen-bond acceptors (Lipinski definition) is 6. The number of nitrogens with zero attached hydrogens (tertiary/aromatic N) is 4. The van der Waals surface area contributed by atoms with Crippen molar-refractivity contribution in [2.75, 3.05) is 37.7 Å². The number of hydrogen-bond donors (Lipinski definition) is 0. The van der Waals surface area contributed by atoms with E-state index in [9.17, 15) is 10.1 Å². The van der Waals surface area contributed by atoms with Gasteiger partial charge in [0.15, 0.2) is 0 Å². The Hall–Kier alpha value is -3.63. The number of ether oxygens (including phenoxy) is 1. The third-order valence-electron chi connectivity index (χ3n) is 5.93. The third kappa shape index (κ3) is 3.56. The molecule has 2 aromatic heterocycles. The first-order valence-electron chi connectivity index (χ1n) is 10.4. The SMILES string of the molecule is N#Cc1c(N2CCN(C(=O)c3ccoc3)CC2)nc(-c2ccccc2)c2c1CCOC2. The fraction of sp³-hybridized carbons (Fsp3) is 0.292. The van der Waals surface area contributed by atoms with Crippen molar-refractivity contribution in [1.82, 2.24) is 9.88 Å². The van der Waals surface area contributed by atoms with E-state index in [1.165, 1.54) is 12.5 Å². The van der Waals surface area contributed by atoms with E-state index in [4.69, 9.17) is 14.1 Å². The molecule has 156 valence electrons. The Kier molecular flexibility index (Phi) is 5.14. The molecule has 5 rings (SSSR count). The van der Waals surface area contributed by atoms with Gasteiger partial charge in [0.2, 0.25) is 0 Å². The van der Waals surface area contributed by atoms with Crippen LogP contribution >= 0.6 is 0 Å². The van der Waals surface area contributed by atoms with E-state index in [-0.39, 0.29) is 5.91 Å². The maximum Gasteiger partial charge on any atom is 0.257 e. The van der Waals surface area contributed by atoms with Crippen LogP contribution in [0.2, 0.25) is 0 Å². The number of carbonyl (C=O) groups excluding carboxylic acids is 1. The minimum atomic E-state index is -0.0329. The van der Waals surface area contributed by atoms with Gasteiger partial charge < -0.3 is 19.0 Å². The lowest BCUT2D eigenvalue weighted by Gasteiger charge is -2.36. The first-order chi connectivity index (χ1) is 15.3. The Balaban J connectivity index is 1.48. The first kappa shape index (κ1) is 19.3. The van der Waals surface area contributed by atoms with E-state index >= 15 is 0 Å². The summed E-state index contributed by atoms with van der Waals surface area (Å²) in [4.78, 5) is 21.5. The molecule has 4 heterocycles. The molecule has 1 fully saturated rings. The number of aromatic nitrogens is 1.